The molecule has 2 rings (SSSR count). The van der Waals surface area contributed by atoms with Crippen molar-refractivity contribution in [2.24, 2.45) is 0 Å². The van der Waals surface area contributed by atoms with Crippen molar-refractivity contribution < 1.29 is 4.39 Å². The van der Waals surface area contributed by atoms with Gasteiger partial charge < -0.3 is 11.1 Å². The summed E-state index contributed by atoms with van der Waals surface area (Å²) in [5, 5.41) is 2.92. The second-order valence-corrected chi connectivity index (χ2v) is 3.50. The number of hydrogen-bond acceptors (Lipinski definition) is 3. The minimum Gasteiger partial charge on any atom is -0.384 e. The van der Waals surface area contributed by atoms with Crippen LogP contribution in [0.1, 0.15) is 5.56 Å². The standard InChI is InChI=1S/C12H12FN3/c1-8-4-2-5-9(13)12(8)16-11-7-3-6-10(14)15-11/h2-7H,1H3,(H3,14,15,16). The van der Waals surface area contributed by atoms with Gasteiger partial charge in [0.25, 0.3) is 0 Å². The van der Waals surface area contributed by atoms with Crippen LogP contribution in [0.25, 0.3) is 0 Å². The molecule has 1 aromatic heterocycles. The van der Waals surface area contributed by atoms with Crippen LogP contribution in [-0.4, -0.2) is 4.98 Å². The van der Waals surface area contributed by atoms with Gasteiger partial charge in [-0.3, -0.25) is 0 Å². The molecule has 0 atom stereocenters. The van der Waals surface area contributed by atoms with Gasteiger partial charge >= 0.3 is 0 Å². The van der Waals surface area contributed by atoms with Gasteiger partial charge in [-0.05, 0) is 30.7 Å². The lowest BCUT2D eigenvalue weighted by Gasteiger charge is -2.09. The van der Waals surface area contributed by atoms with Crippen molar-refractivity contribution in [1.29, 1.82) is 0 Å². The number of nitrogens with two attached hydrogens (primary N) is 1. The predicted molar refractivity (Wildman–Crippen MR) is 63.1 cm³/mol. The third-order valence-electron chi connectivity index (χ3n) is 2.25. The minimum atomic E-state index is -0.302. The fourth-order valence-electron chi connectivity index (χ4n) is 1.44. The van der Waals surface area contributed by atoms with E-state index in [0.717, 1.165) is 5.56 Å². The number of halogens is 1. The van der Waals surface area contributed by atoms with Crippen LogP contribution in [0.2, 0.25) is 0 Å². The van der Waals surface area contributed by atoms with Gasteiger partial charge in [0, 0.05) is 0 Å². The highest BCUT2D eigenvalue weighted by molar-refractivity contribution is 5.61. The van der Waals surface area contributed by atoms with E-state index >= 15 is 0 Å². The predicted octanol–water partition coefficient (Wildman–Crippen LogP) is 2.85. The van der Waals surface area contributed by atoms with Crippen molar-refractivity contribution in [3.05, 3.63) is 47.8 Å². The Morgan fingerprint density at radius 3 is 2.62 bits per heavy atom. The maximum absolute atomic E-state index is 13.5. The number of anilines is 3. The molecule has 4 heteroatoms. The Bertz CT molecular complexity index is 491. The van der Waals surface area contributed by atoms with Crippen LogP contribution in [0.4, 0.5) is 21.7 Å². The molecule has 1 aromatic carbocycles. The molecule has 0 aliphatic carbocycles. The molecule has 0 aliphatic rings. The van der Waals surface area contributed by atoms with Gasteiger partial charge in [0.15, 0.2) is 0 Å². The first-order valence-electron chi connectivity index (χ1n) is 4.91. The number of pyridine rings is 1. The maximum atomic E-state index is 13.5. The Labute approximate surface area is 93.1 Å². The normalized spacial score (nSPS) is 10.1. The molecule has 0 spiro atoms. The van der Waals surface area contributed by atoms with Gasteiger partial charge in [-0.2, -0.15) is 0 Å². The van der Waals surface area contributed by atoms with Crippen molar-refractivity contribution in [3.63, 3.8) is 0 Å². The van der Waals surface area contributed by atoms with E-state index in [1.54, 1.807) is 24.3 Å². The molecule has 0 amide bonds. The van der Waals surface area contributed by atoms with Crippen molar-refractivity contribution in [3.8, 4) is 0 Å². The Kier molecular flexibility index (Phi) is 2.72. The number of nitrogens with zero attached hydrogens (tertiary/aromatic N) is 1. The molecule has 0 bridgehead atoms. The SMILES string of the molecule is Cc1cccc(F)c1Nc1cccc(N)n1. The summed E-state index contributed by atoms with van der Waals surface area (Å²) in [6, 6.07) is 10.1. The van der Waals surface area contributed by atoms with Crippen molar-refractivity contribution in [2.45, 2.75) is 6.92 Å². The van der Waals surface area contributed by atoms with Crippen LogP contribution in [0.5, 0.6) is 0 Å². The zero-order valence-corrected chi connectivity index (χ0v) is 8.87. The lowest BCUT2D eigenvalue weighted by atomic mass is 10.2. The number of para-hydroxylation sites is 1. The second-order valence-electron chi connectivity index (χ2n) is 3.50. The first kappa shape index (κ1) is 10.4. The zero-order valence-electron chi connectivity index (χ0n) is 8.87. The summed E-state index contributed by atoms with van der Waals surface area (Å²) < 4.78 is 13.5. The largest absolute Gasteiger partial charge is 0.384 e. The molecule has 82 valence electrons. The van der Waals surface area contributed by atoms with E-state index in [2.05, 4.69) is 10.3 Å². The lowest BCUT2D eigenvalue weighted by Crippen LogP contribution is -2.00. The number of nitrogen functional groups attached to an aromatic ring is 1. The number of aryl methyl sites for hydroxylation is 1. The molecule has 1 heterocycles. The third-order valence-corrected chi connectivity index (χ3v) is 2.25. The number of benzene rings is 1. The topological polar surface area (TPSA) is 50.9 Å². The molecule has 0 aliphatic heterocycles. The average Bonchev–Trinajstić information content (AvgIpc) is 2.24. The van der Waals surface area contributed by atoms with Gasteiger partial charge in [-0.25, -0.2) is 9.37 Å². The van der Waals surface area contributed by atoms with Crippen LogP contribution < -0.4 is 11.1 Å². The van der Waals surface area contributed by atoms with Crippen molar-refractivity contribution >= 4 is 17.3 Å². The molecule has 2 aromatic rings. The van der Waals surface area contributed by atoms with Gasteiger partial charge in [0.2, 0.25) is 0 Å². The lowest BCUT2D eigenvalue weighted by molar-refractivity contribution is 0.631. The van der Waals surface area contributed by atoms with Crippen LogP contribution in [0.3, 0.4) is 0 Å². The first-order chi connectivity index (χ1) is 7.66. The van der Waals surface area contributed by atoms with Crippen molar-refractivity contribution in [1.82, 2.24) is 4.98 Å². The summed E-state index contributed by atoms with van der Waals surface area (Å²) in [6.45, 7) is 1.83. The number of aromatic nitrogens is 1. The Morgan fingerprint density at radius 2 is 1.94 bits per heavy atom. The second kappa shape index (κ2) is 4.18. The van der Waals surface area contributed by atoms with E-state index in [1.807, 2.05) is 13.0 Å². The first-order valence-corrected chi connectivity index (χ1v) is 4.91. The van der Waals surface area contributed by atoms with Crippen LogP contribution in [-0.2, 0) is 0 Å². The van der Waals surface area contributed by atoms with E-state index < -0.39 is 0 Å². The van der Waals surface area contributed by atoms with E-state index in [-0.39, 0.29) is 5.82 Å². The molecule has 3 nitrogen and oxygen atoms in total. The Hall–Kier alpha value is -2.10. The highest BCUT2D eigenvalue weighted by Crippen LogP contribution is 2.22. The van der Waals surface area contributed by atoms with E-state index in [9.17, 15) is 4.39 Å². The fourth-order valence-corrected chi connectivity index (χ4v) is 1.44. The van der Waals surface area contributed by atoms with E-state index in [4.69, 9.17) is 5.73 Å². The smallest absolute Gasteiger partial charge is 0.146 e. The monoisotopic (exact) mass is 217 g/mol. The number of rotatable bonds is 2. The van der Waals surface area contributed by atoms with Gasteiger partial charge in [0.1, 0.15) is 17.5 Å². The fraction of sp³-hybridized carbons (Fsp3) is 0.0833. The van der Waals surface area contributed by atoms with Crippen LogP contribution in [0.15, 0.2) is 36.4 Å². The minimum absolute atomic E-state index is 0.302. The Balaban J connectivity index is 2.34. The summed E-state index contributed by atoms with van der Waals surface area (Å²) >= 11 is 0. The molecular weight excluding hydrogens is 205 g/mol. The van der Waals surface area contributed by atoms with Crippen LogP contribution in [0, 0.1) is 12.7 Å². The summed E-state index contributed by atoms with van der Waals surface area (Å²) in [6.07, 6.45) is 0. The maximum Gasteiger partial charge on any atom is 0.146 e. The summed E-state index contributed by atoms with van der Waals surface area (Å²) in [5.74, 6) is 0.636. The van der Waals surface area contributed by atoms with E-state index in [1.165, 1.54) is 6.07 Å². The highest BCUT2D eigenvalue weighted by atomic mass is 19.1. The van der Waals surface area contributed by atoms with Gasteiger partial charge in [-0.15, -0.1) is 0 Å². The quantitative estimate of drug-likeness (QED) is 0.813. The number of hydrogen-bond donors (Lipinski definition) is 2. The average molecular weight is 217 g/mol. The van der Waals surface area contributed by atoms with Crippen molar-refractivity contribution in [2.75, 3.05) is 11.1 Å². The van der Waals surface area contributed by atoms with Gasteiger partial charge in [0.05, 0.1) is 5.69 Å². The number of nitrogens with one attached hydrogen (secondary N) is 1. The van der Waals surface area contributed by atoms with E-state index in [0.29, 0.717) is 17.3 Å². The Morgan fingerprint density at radius 1 is 1.19 bits per heavy atom. The molecule has 0 unspecified atom stereocenters. The third kappa shape index (κ3) is 2.11. The zero-order chi connectivity index (χ0) is 11.5. The van der Waals surface area contributed by atoms with Crippen LogP contribution >= 0.6 is 0 Å². The van der Waals surface area contributed by atoms with Gasteiger partial charge in [-0.1, -0.05) is 18.2 Å². The molecular formula is C12H12FN3. The summed E-state index contributed by atoms with van der Waals surface area (Å²) in [4.78, 5) is 4.05. The molecule has 0 radical (unpaired) electrons. The summed E-state index contributed by atoms with van der Waals surface area (Å²) in [7, 11) is 0. The summed E-state index contributed by atoms with van der Waals surface area (Å²) in [5.41, 5.74) is 6.80. The molecule has 16 heavy (non-hydrogen) atoms. The molecule has 3 N–H and O–H groups in total. The molecule has 0 fully saturated rings. The molecule has 0 saturated heterocycles. The molecule has 0 saturated carbocycles. The highest BCUT2D eigenvalue weighted by Gasteiger charge is 2.05.